The zero-order valence-corrected chi connectivity index (χ0v) is 8.75. The quantitative estimate of drug-likeness (QED) is 0.592. The highest BCUT2D eigenvalue weighted by Crippen LogP contribution is 2.12. The van der Waals surface area contributed by atoms with Crippen LogP contribution in [0.1, 0.15) is 5.69 Å². The van der Waals surface area contributed by atoms with E-state index < -0.39 is 0 Å². The molecule has 5 nitrogen and oxygen atoms in total. The fraction of sp³-hybridized carbons (Fsp3) is 0.0909. The molecule has 0 fully saturated rings. The predicted octanol–water partition coefficient (Wildman–Crippen LogP) is 0.624. The van der Waals surface area contributed by atoms with E-state index in [-0.39, 0.29) is 0 Å². The molecule has 0 radical (unpaired) electrons. The van der Waals surface area contributed by atoms with Gasteiger partial charge in [0, 0.05) is 23.2 Å². The molecule has 0 unspecified atom stereocenters. The smallest absolute Gasteiger partial charge is 0.185 e. The highest BCUT2D eigenvalue weighted by Gasteiger charge is 2.10. The van der Waals surface area contributed by atoms with Crippen LogP contribution in [0.5, 0.6) is 0 Å². The van der Waals surface area contributed by atoms with E-state index in [2.05, 4.69) is 26.7 Å². The van der Waals surface area contributed by atoms with E-state index in [1.54, 1.807) is 12.4 Å². The number of rotatable bonds is 1. The van der Waals surface area contributed by atoms with Gasteiger partial charge < -0.3 is 0 Å². The minimum absolute atomic E-state index is 0.625. The molecule has 0 amide bonds. The van der Waals surface area contributed by atoms with Crippen LogP contribution in [-0.4, -0.2) is 24.8 Å². The molecular formula is C11H9N5. The van der Waals surface area contributed by atoms with Gasteiger partial charge >= 0.3 is 0 Å². The Morgan fingerprint density at radius 2 is 2.19 bits per heavy atom. The number of aryl methyl sites for hydroxylation is 1. The van der Waals surface area contributed by atoms with E-state index in [9.17, 15) is 0 Å². The van der Waals surface area contributed by atoms with Crippen LogP contribution in [0.25, 0.3) is 23.6 Å². The van der Waals surface area contributed by atoms with Crippen LogP contribution < -0.4 is 5.22 Å². The maximum Gasteiger partial charge on any atom is 0.185 e. The number of nitrogens with zero attached hydrogens (tertiary/aromatic N) is 5. The van der Waals surface area contributed by atoms with E-state index in [1.807, 2.05) is 19.1 Å². The molecule has 0 aromatic carbocycles. The zero-order chi connectivity index (χ0) is 11.1. The van der Waals surface area contributed by atoms with Crippen molar-refractivity contribution in [1.82, 2.24) is 24.8 Å². The van der Waals surface area contributed by atoms with Gasteiger partial charge in [-0.05, 0) is 19.1 Å². The average Bonchev–Trinajstić information content (AvgIpc) is 2.82. The molecule has 0 aliphatic rings. The molecule has 3 heterocycles. The normalized spacial score (nSPS) is 11.1. The first kappa shape index (κ1) is 8.96. The van der Waals surface area contributed by atoms with Gasteiger partial charge in [-0.2, -0.15) is 5.10 Å². The molecule has 3 aromatic heterocycles. The molecule has 0 aliphatic heterocycles. The molecule has 0 aliphatic carbocycles. The SMILES string of the molecule is C=c1c(C)nn2nc(-c3cccnc3)nc12. The van der Waals surface area contributed by atoms with Gasteiger partial charge in [0.25, 0.3) is 0 Å². The third kappa shape index (κ3) is 1.18. The van der Waals surface area contributed by atoms with E-state index in [1.165, 1.54) is 4.63 Å². The summed E-state index contributed by atoms with van der Waals surface area (Å²) in [4.78, 5) is 8.42. The van der Waals surface area contributed by atoms with Gasteiger partial charge in [-0.15, -0.1) is 9.73 Å². The summed E-state index contributed by atoms with van der Waals surface area (Å²) >= 11 is 0. The van der Waals surface area contributed by atoms with Crippen LogP contribution in [0.4, 0.5) is 0 Å². The largest absolute Gasteiger partial charge is 0.264 e. The van der Waals surface area contributed by atoms with E-state index in [0.29, 0.717) is 11.5 Å². The van der Waals surface area contributed by atoms with Crippen molar-refractivity contribution in [2.24, 2.45) is 0 Å². The predicted molar refractivity (Wildman–Crippen MR) is 59.5 cm³/mol. The van der Waals surface area contributed by atoms with Crippen molar-refractivity contribution < 1.29 is 0 Å². The van der Waals surface area contributed by atoms with E-state index >= 15 is 0 Å². The van der Waals surface area contributed by atoms with Crippen LogP contribution in [0.2, 0.25) is 0 Å². The fourth-order valence-electron chi connectivity index (χ4n) is 1.54. The van der Waals surface area contributed by atoms with Gasteiger partial charge in [-0.1, -0.05) is 6.58 Å². The Hall–Kier alpha value is -2.30. The summed E-state index contributed by atoms with van der Waals surface area (Å²) in [5, 5.41) is 9.32. The minimum Gasteiger partial charge on any atom is -0.264 e. The molecule has 0 bridgehead atoms. The molecule has 0 saturated carbocycles. The number of fused-ring (bicyclic) bond motifs is 1. The molecule has 5 heteroatoms. The van der Waals surface area contributed by atoms with Gasteiger partial charge in [-0.3, -0.25) is 4.98 Å². The Bertz CT molecular complexity index is 686. The molecule has 0 saturated heterocycles. The van der Waals surface area contributed by atoms with Gasteiger partial charge in [0.05, 0.1) is 5.69 Å². The van der Waals surface area contributed by atoms with Crippen molar-refractivity contribution in [3.05, 3.63) is 35.4 Å². The number of hydrogen-bond donors (Lipinski definition) is 0. The van der Waals surface area contributed by atoms with E-state index in [4.69, 9.17) is 0 Å². The van der Waals surface area contributed by atoms with Crippen LogP contribution in [-0.2, 0) is 0 Å². The van der Waals surface area contributed by atoms with Gasteiger partial charge in [0.15, 0.2) is 11.5 Å². The van der Waals surface area contributed by atoms with Crippen molar-refractivity contribution in [2.75, 3.05) is 0 Å². The summed E-state index contributed by atoms with van der Waals surface area (Å²) in [6.45, 7) is 5.81. The van der Waals surface area contributed by atoms with Crippen LogP contribution in [0, 0.1) is 6.92 Å². The number of pyridine rings is 1. The second kappa shape index (κ2) is 3.10. The van der Waals surface area contributed by atoms with Crippen molar-refractivity contribution in [3.63, 3.8) is 0 Å². The summed E-state index contributed by atoms with van der Waals surface area (Å²) in [7, 11) is 0. The second-order valence-electron chi connectivity index (χ2n) is 3.55. The van der Waals surface area contributed by atoms with Crippen LogP contribution in [0.3, 0.4) is 0 Å². The highest BCUT2D eigenvalue weighted by atomic mass is 15.5. The molecule has 3 aromatic rings. The zero-order valence-electron chi connectivity index (χ0n) is 8.75. The van der Waals surface area contributed by atoms with Gasteiger partial charge in [0.1, 0.15) is 0 Å². The Balaban J connectivity index is 2.24. The summed E-state index contributed by atoms with van der Waals surface area (Å²) in [6.07, 6.45) is 3.44. The molecule has 0 N–H and O–H groups in total. The third-order valence-electron chi connectivity index (χ3n) is 2.46. The first-order chi connectivity index (χ1) is 7.75. The highest BCUT2D eigenvalue weighted by molar-refractivity contribution is 5.57. The Labute approximate surface area is 91.5 Å². The fourth-order valence-corrected chi connectivity index (χ4v) is 1.54. The first-order valence-corrected chi connectivity index (χ1v) is 4.88. The maximum atomic E-state index is 4.39. The van der Waals surface area contributed by atoms with Crippen molar-refractivity contribution >= 4 is 12.2 Å². The first-order valence-electron chi connectivity index (χ1n) is 4.88. The van der Waals surface area contributed by atoms with Crippen molar-refractivity contribution in [3.8, 4) is 11.4 Å². The maximum absolute atomic E-state index is 4.39. The topological polar surface area (TPSA) is 56.0 Å². The number of hydrogen-bond acceptors (Lipinski definition) is 4. The molecule has 16 heavy (non-hydrogen) atoms. The molecule has 0 spiro atoms. The lowest BCUT2D eigenvalue weighted by Gasteiger charge is -1.90. The van der Waals surface area contributed by atoms with Crippen molar-refractivity contribution in [2.45, 2.75) is 6.92 Å². The summed E-state index contributed by atoms with van der Waals surface area (Å²) < 4.78 is 1.51. The lowest BCUT2D eigenvalue weighted by molar-refractivity contribution is 0.810. The Kier molecular flexibility index (Phi) is 1.73. The van der Waals surface area contributed by atoms with E-state index in [0.717, 1.165) is 16.5 Å². The average molecular weight is 211 g/mol. The monoisotopic (exact) mass is 211 g/mol. The molecule has 78 valence electrons. The minimum atomic E-state index is 0.625. The summed E-state index contributed by atoms with van der Waals surface area (Å²) in [5.41, 5.74) is 2.44. The standard InChI is InChI=1S/C11H9N5/c1-7-8(2)14-16-11(7)13-10(15-16)9-4-3-5-12-6-9/h3-6H,1H2,2H3. The second-order valence-corrected chi connectivity index (χ2v) is 3.55. The molecular weight excluding hydrogens is 202 g/mol. The van der Waals surface area contributed by atoms with Crippen LogP contribution in [0.15, 0.2) is 24.5 Å². The van der Waals surface area contributed by atoms with Gasteiger partial charge in [0.2, 0.25) is 0 Å². The molecule has 0 atom stereocenters. The lowest BCUT2D eigenvalue weighted by atomic mass is 10.3. The Morgan fingerprint density at radius 1 is 1.31 bits per heavy atom. The third-order valence-corrected chi connectivity index (χ3v) is 2.46. The Morgan fingerprint density at radius 3 is 2.88 bits per heavy atom. The van der Waals surface area contributed by atoms with Crippen molar-refractivity contribution in [1.29, 1.82) is 0 Å². The lowest BCUT2D eigenvalue weighted by Crippen LogP contribution is -1.98. The van der Waals surface area contributed by atoms with Gasteiger partial charge in [-0.25, -0.2) is 4.98 Å². The summed E-state index contributed by atoms with van der Waals surface area (Å²) in [6, 6.07) is 3.77. The van der Waals surface area contributed by atoms with Crippen LogP contribution >= 0.6 is 0 Å². The molecule has 3 rings (SSSR count). The summed E-state index contributed by atoms with van der Waals surface area (Å²) in [5.74, 6) is 0.625. The number of aromatic nitrogens is 5.